The van der Waals surface area contributed by atoms with Crippen LogP contribution >= 0.6 is 11.3 Å². The average Bonchev–Trinajstić information content (AvgIpc) is 2.82. The first-order valence-electron chi connectivity index (χ1n) is 5.25. The Morgan fingerprint density at radius 3 is 2.88 bits per heavy atom. The third-order valence-corrected chi connectivity index (χ3v) is 3.55. The lowest BCUT2D eigenvalue weighted by atomic mass is 10.1. The normalized spacial score (nSPS) is 11.1. The highest BCUT2D eigenvalue weighted by molar-refractivity contribution is 7.13. The number of hydrogen-bond acceptors (Lipinski definition) is 2. The number of thiophene rings is 1. The summed E-state index contributed by atoms with van der Waals surface area (Å²) in [4.78, 5) is 9.22. The average molecular weight is 228 g/mol. The maximum atomic E-state index is 4.65. The number of imidazole rings is 1. The van der Waals surface area contributed by atoms with Gasteiger partial charge in [-0.3, -0.25) is 0 Å². The van der Waals surface area contributed by atoms with Gasteiger partial charge in [0, 0.05) is 0 Å². The second-order valence-electron chi connectivity index (χ2n) is 4.04. The number of fused-ring (bicyclic) bond motifs is 1. The van der Waals surface area contributed by atoms with Gasteiger partial charge in [0.15, 0.2) is 0 Å². The van der Waals surface area contributed by atoms with Crippen molar-refractivity contribution in [3.8, 4) is 10.7 Å². The van der Waals surface area contributed by atoms with Crippen LogP contribution in [0.3, 0.4) is 0 Å². The summed E-state index contributed by atoms with van der Waals surface area (Å²) in [6.45, 7) is 4.21. The van der Waals surface area contributed by atoms with Crippen LogP contribution < -0.4 is 0 Å². The van der Waals surface area contributed by atoms with Crippen molar-refractivity contribution in [2.45, 2.75) is 13.8 Å². The molecule has 0 aliphatic carbocycles. The van der Waals surface area contributed by atoms with Gasteiger partial charge in [0.25, 0.3) is 0 Å². The molecule has 0 radical (unpaired) electrons. The Balaban J connectivity index is 2.27. The SMILES string of the molecule is Cc1cc(C)c2nc(-c3cccs3)[nH]c2c1. The lowest BCUT2D eigenvalue weighted by Crippen LogP contribution is -1.79. The molecular formula is C13H12N2S. The molecule has 0 fully saturated rings. The molecule has 0 atom stereocenters. The highest BCUT2D eigenvalue weighted by Crippen LogP contribution is 2.26. The van der Waals surface area contributed by atoms with E-state index in [0.717, 1.165) is 16.9 Å². The molecule has 0 bridgehead atoms. The van der Waals surface area contributed by atoms with Crippen molar-refractivity contribution in [1.29, 1.82) is 0 Å². The fraction of sp³-hybridized carbons (Fsp3) is 0.154. The van der Waals surface area contributed by atoms with E-state index in [1.54, 1.807) is 11.3 Å². The molecule has 3 rings (SSSR count). The van der Waals surface area contributed by atoms with Gasteiger partial charge in [-0.2, -0.15) is 0 Å². The van der Waals surface area contributed by atoms with Crippen LogP contribution in [0, 0.1) is 13.8 Å². The van der Waals surface area contributed by atoms with Crippen LogP contribution in [0.2, 0.25) is 0 Å². The number of aromatic nitrogens is 2. The fourth-order valence-corrected chi connectivity index (χ4v) is 2.67. The van der Waals surface area contributed by atoms with Crippen LogP contribution in [0.25, 0.3) is 21.7 Å². The van der Waals surface area contributed by atoms with Crippen LogP contribution in [0.4, 0.5) is 0 Å². The van der Waals surface area contributed by atoms with Gasteiger partial charge in [-0.15, -0.1) is 11.3 Å². The van der Waals surface area contributed by atoms with Gasteiger partial charge in [0.1, 0.15) is 5.82 Å². The lowest BCUT2D eigenvalue weighted by Gasteiger charge is -1.96. The number of benzene rings is 1. The number of nitrogens with zero attached hydrogens (tertiary/aromatic N) is 1. The molecule has 0 aliphatic heterocycles. The third-order valence-electron chi connectivity index (χ3n) is 2.68. The highest BCUT2D eigenvalue weighted by Gasteiger charge is 2.08. The molecule has 1 N–H and O–H groups in total. The Morgan fingerprint density at radius 2 is 2.12 bits per heavy atom. The van der Waals surface area contributed by atoms with Gasteiger partial charge >= 0.3 is 0 Å². The van der Waals surface area contributed by atoms with Crippen molar-refractivity contribution in [2.24, 2.45) is 0 Å². The largest absolute Gasteiger partial charge is 0.337 e. The Morgan fingerprint density at radius 1 is 1.25 bits per heavy atom. The molecule has 0 amide bonds. The number of H-pyrrole nitrogens is 1. The zero-order valence-electron chi connectivity index (χ0n) is 9.24. The van der Waals surface area contributed by atoms with E-state index in [-0.39, 0.29) is 0 Å². The molecule has 16 heavy (non-hydrogen) atoms. The summed E-state index contributed by atoms with van der Waals surface area (Å²) in [7, 11) is 0. The minimum Gasteiger partial charge on any atom is -0.337 e. The van der Waals surface area contributed by atoms with Gasteiger partial charge < -0.3 is 4.98 Å². The van der Waals surface area contributed by atoms with Gasteiger partial charge in [-0.05, 0) is 42.5 Å². The molecule has 3 heteroatoms. The first kappa shape index (κ1) is 9.60. The number of nitrogens with one attached hydrogen (secondary N) is 1. The number of hydrogen-bond donors (Lipinski definition) is 1. The van der Waals surface area contributed by atoms with E-state index in [9.17, 15) is 0 Å². The smallest absolute Gasteiger partial charge is 0.148 e. The van der Waals surface area contributed by atoms with Gasteiger partial charge in [-0.1, -0.05) is 12.1 Å². The zero-order chi connectivity index (χ0) is 11.1. The Labute approximate surface area is 98.0 Å². The molecule has 2 aromatic heterocycles. The molecule has 2 nitrogen and oxygen atoms in total. The van der Waals surface area contributed by atoms with E-state index in [1.165, 1.54) is 16.0 Å². The highest BCUT2D eigenvalue weighted by atomic mass is 32.1. The molecule has 0 saturated heterocycles. The first-order valence-corrected chi connectivity index (χ1v) is 6.13. The van der Waals surface area contributed by atoms with Crippen LogP contribution in [-0.4, -0.2) is 9.97 Å². The molecule has 80 valence electrons. The Hall–Kier alpha value is -1.61. The van der Waals surface area contributed by atoms with Crippen molar-refractivity contribution in [3.05, 3.63) is 40.8 Å². The second kappa shape index (κ2) is 3.46. The summed E-state index contributed by atoms with van der Waals surface area (Å²) < 4.78 is 0. The predicted octanol–water partition coefficient (Wildman–Crippen LogP) is 3.91. The second-order valence-corrected chi connectivity index (χ2v) is 4.99. The van der Waals surface area contributed by atoms with E-state index in [0.29, 0.717) is 0 Å². The Bertz CT molecular complexity index is 635. The van der Waals surface area contributed by atoms with E-state index in [1.807, 2.05) is 6.07 Å². The lowest BCUT2D eigenvalue weighted by molar-refractivity contribution is 1.35. The number of aromatic amines is 1. The zero-order valence-corrected chi connectivity index (χ0v) is 10.1. The Kier molecular flexibility index (Phi) is 2.07. The minimum absolute atomic E-state index is 0.971. The topological polar surface area (TPSA) is 28.7 Å². The number of aryl methyl sites for hydroxylation is 2. The first-order chi connectivity index (χ1) is 7.74. The van der Waals surface area contributed by atoms with E-state index >= 15 is 0 Å². The molecule has 3 aromatic rings. The van der Waals surface area contributed by atoms with Crippen molar-refractivity contribution in [3.63, 3.8) is 0 Å². The minimum atomic E-state index is 0.971. The van der Waals surface area contributed by atoms with Gasteiger partial charge in [0.2, 0.25) is 0 Å². The van der Waals surface area contributed by atoms with E-state index in [4.69, 9.17) is 0 Å². The monoisotopic (exact) mass is 228 g/mol. The maximum absolute atomic E-state index is 4.65. The van der Waals surface area contributed by atoms with E-state index in [2.05, 4.69) is 47.4 Å². The van der Waals surface area contributed by atoms with Crippen LogP contribution in [-0.2, 0) is 0 Å². The van der Waals surface area contributed by atoms with Crippen LogP contribution in [0.5, 0.6) is 0 Å². The summed E-state index contributed by atoms with van der Waals surface area (Å²) in [6, 6.07) is 8.45. The fourth-order valence-electron chi connectivity index (χ4n) is 2.00. The molecule has 2 heterocycles. The van der Waals surface area contributed by atoms with Crippen LogP contribution in [0.15, 0.2) is 29.6 Å². The van der Waals surface area contributed by atoms with Crippen molar-refractivity contribution < 1.29 is 0 Å². The summed E-state index contributed by atoms with van der Waals surface area (Å²) >= 11 is 1.71. The maximum Gasteiger partial charge on any atom is 0.148 e. The molecule has 0 saturated carbocycles. The van der Waals surface area contributed by atoms with Crippen molar-refractivity contribution in [1.82, 2.24) is 9.97 Å². The van der Waals surface area contributed by atoms with Crippen LogP contribution in [0.1, 0.15) is 11.1 Å². The van der Waals surface area contributed by atoms with Gasteiger partial charge in [-0.25, -0.2) is 4.98 Å². The van der Waals surface area contributed by atoms with Crippen molar-refractivity contribution >= 4 is 22.4 Å². The molecule has 0 unspecified atom stereocenters. The number of rotatable bonds is 1. The summed E-state index contributed by atoms with van der Waals surface area (Å²) in [5.74, 6) is 0.971. The summed E-state index contributed by atoms with van der Waals surface area (Å²) in [5, 5.41) is 2.07. The third kappa shape index (κ3) is 1.44. The van der Waals surface area contributed by atoms with Crippen molar-refractivity contribution in [2.75, 3.05) is 0 Å². The molecular weight excluding hydrogens is 216 g/mol. The summed E-state index contributed by atoms with van der Waals surface area (Å²) in [6.07, 6.45) is 0. The predicted molar refractivity (Wildman–Crippen MR) is 68.9 cm³/mol. The molecule has 1 aromatic carbocycles. The standard InChI is InChI=1S/C13H12N2S/c1-8-6-9(2)12-10(7-8)14-13(15-12)11-4-3-5-16-11/h3-7H,1-2H3,(H,14,15). The molecule has 0 spiro atoms. The summed E-state index contributed by atoms with van der Waals surface area (Å²) in [5.41, 5.74) is 4.70. The molecule has 0 aliphatic rings. The quantitative estimate of drug-likeness (QED) is 0.672. The van der Waals surface area contributed by atoms with Gasteiger partial charge in [0.05, 0.1) is 15.9 Å². The van der Waals surface area contributed by atoms with E-state index < -0.39 is 0 Å².